The Labute approximate surface area is 142 Å². The van der Waals surface area contributed by atoms with E-state index in [2.05, 4.69) is 0 Å². The molecule has 0 N–H and O–H groups in total. The van der Waals surface area contributed by atoms with Gasteiger partial charge in [0, 0.05) is 38.9 Å². The molecular formula is C18H26N2O4. The lowest BCUT2D eigenvalue weighted by molar-refractivity contribution is -0.137. The predicted octanol–water partition coefficient (Wildman–Crippen LogP) is 2.08. The summed E-state index contributed by atoms with van der Waals surface area (Å²) < 4.78 is 10.4. The van der Waals surface area contributed by atoms with Crippen LogP contribution in [0, 0.1) is 12.3 Å². The summed E-state index contributed by atoms with van der Waals surface area (Å²) in [6, 6.07) is 1.81. The number of likely N-dealkylation sites (tertiary alicyclic amines) is 2. The fourth-order valence-corrected chi connectivity index (χ4v) is 3.90. The zero-order valence-electron chi connectivity index (χ0n) is 14.5. The molecule has 1 aromatic rings. The molecule has 6 heteroatoms. The smallest absolute Gasteiger partial charge is 0.289 e. The number of carbonyl (C=O) groups is 2. The summed E-state index contributed by atoms with van der Waals surface area (Å²) in [6.07, 6.45) is 4.89. The average molecular weight is 334 g/mol. The quantitative estimate of drug-likeness (QED) is 0.846. The van der Waals surface area contributed by atoms with Gasteiger partial charge < -0.3 is 19.0 Å². The minimum absolute atomic E-state index is 0.0590. The normalized spacial score (nSPS) is 24.7. The molecule has 3 rings (SSSR count). The van der Waals surface area contributed by atoms with Crippen molar-refractivity contribution in [2.45, 2.75) is 32.6 Å². The van der Waals surface area contributed by atoms with Crippen molar-refractivity contribution < 1.29 is 18.7 Å². The number of nitrogens with zero attached hydrogens (tertiary/aromatic N) is 2. The zero-order chi connectivity index (χ0) is 17.2. The van der Waals surface area contributed by atoms with Gasteiger partial charge >= 0.3 is 0 Å². The number of aryl methyl sites for hydroxylation is 1. The molecule has 24 heavy (non-hydrogen) atoms. The van der Waals surface area contributed by atoms with E-state index in [1.54, 1.807) is 19.4 Å². The van der Waals surface area contributed by atoms with Gasteiger partial charge in [0.2, 0.25) is 5.91 Å². The first kappa shape index (κ1) is 17.0. The monoisotopic (exact) mass is 334 g/mol. The van der Waals surface area contributed by atoms with Crippen LogP contribution < -0.4 is 0 Å². The zero-order valence-corrected chi connectivity index (χ0v) is 14.5. The maximum Gasteiger partial charge on any atom is 0.289 e. The molecule has 2 aliphatic rings. The van der Waals surface area contributed by atoms with Crippen molar-refractivity contribution in [3.8, 4) is 0 Å². The van der Waals surface area contributed by atoms with E-state index in [0.717, 1.165) is 37.8 Å². The topological polar surface area (TPSA) is 63.0 Å². The summed E-state index contributed by atoms with van der Waals surface area (Å²) in [5.41, 5.74) is 0.572. The molecule has 1 atom stereocenters. The third kappa shape index (κ3) is 3.07. The Morgan fingerprint density at radius 2 is 2.08 bits per heavy atom. The van der Waals surface area contributed by atoms with Gasteiger partial charge in [0.25, 0.3) is 5.91 Å². The van der Waals surface area contributed by atoms with Crippen molar-refractivity contribution in [1.29, 1.82) is 0 Å². The maximum atomic E-state index is 12.8. The van der Waals surface area contributed by atoms with E-state index in [9.17, 15) is 9.59 Å². The molecular weight excluding hydrogens is 308 g/mol. The van der Waals surface area contributed by atoms with Crippen LogP contribution in [0.5, 0.6) is 0 Å². The molecule has 0 radical (unpaired) electrons. The second-order valence-corrected chi connectivity index (χ2v) is 6.89. The van der Waals surface area contributed by atoms with E-state index in [0.29, 0.717) is 32.0 Å². The molecule has 1 spiro atoms. The SMILES string of the molecule is COCCN1CC[C@]2(CCCN(C(=O)c3occc3C)CC2)C1=O. The molecule has 2 amide bonds. The first-order valence-electron chi connectivity index (χ1n) is 8.69. The van der Waals surface area contributed by atoms with Crippen molar-refractivity contribution in [3.05, 3.63) is 23.7 Å². The minimum Gasteiger partial charge on any atom is -0.459 e. The molecule has 2 saturated heterocycles. The van der Waals surface area contributed by atoms with Gasteiger partial charge in [0.1, 0.15) is 0 Å². The van der Waals surface area contributed by atoms with Gasteiger partial charge in [0.15, 0.2) is 5.76 Å². The minimum atomic E-state index is -0.291. The summed E-state index contributed by atoms with van der Waals surface area (Å²) >= 11 is 0. The number of methoxy groups -OCH3 is 1. The van der Waals surface area contributed by atoms with Crippen molar-refractivity contribution in [2.24, 2.45) is 5.41 Å². The lowest BCUT2D eigenvalue weighted by Gasteiger charge is -2.26. The van der Waals surface area contributed by atoms with Gasteiger partial charge in [-0.25, -0.2) is 0 Å². The van der Waals surface area contributed by atoms with E-state index in [4.69, 9.17) is 9.15 Å². The number of rotatable bonds is 4. The summed E-state index contributed by atoms with van der Waals surface area (Å²) in [5.74, 6) is 0.602. The molecule has 0 aromatic carbocycles. The molecule has 0 unspecified atom stereocenters. The lowest BCUT2D eigenvalue weighted by Crippen LogP contribution is -2.37. The van der Waals surface area contributed by atoms with Crippen LogP contribution in [0.2, 0.25) is 0 Å². The van der Waals surface area contributed by atoms with Crippen LogP contribution in [0.3, 0.4) is 0 Å². The van der Waals surface area contributed by atoms with Crippen LogP contribution >= 0.6 is 0 Å². The van der Waals surface area contributed by atoms with Gasteiger partial charge in [-0.3, -0.25) is 9.59 Å². The van der Waals surface area contributed by atoms with Gasteiger partial charge in [-0.1, -0.05) is 0 Å². The standard InChI is InChI=1S/C18H26N2O4/c1-14-4-12-24-15(14)16(21)19-8-3-5-18(6-9-19)7-10-20(17(18)22)11-13-23-2/h4,12H,3,5-11,13H2,1-2H3/t18-/m1/s1. The Morgan fingerprint density at radius 3 is 2.79 bits per heavy atom. The summed E-state index contributed by atoms with van der Waals surface area (Å²) in [4.78, 5) is 29.2. The Bertz CT molecular complexity index is 612. The van der Waals surface area contributed by atoms with Crippen molar-refractivity contribution >= 4 is 11.8 Å². The second-order valence-electron chi connectivity index (χ2n) is 6.89. The van der Waals surface area contributed by atoms with Gasteiger partial charge in [-0.15, -0.1) is 0 Å². The largest absolute Gasteiger partial charge is 0.459 e. The number of carbonyl (C=O) groups excluding carboxylic acids is 2. The highest BCUT2D eigenvalue weighted by atomic mass is 16.5. The first-order valence-corrected chi connectivity index (χ1v) is 8.69. The molecule has 2 aliphatic heterocycles. The third-order valence-electron chi connectivity index (χ3n) is 5.45. The highest BCUT2D eigenvalue weighted by Crippen LogP contribution is 2.41. The number of amides is 2. The summed E-state index contributed by atoms with van der Waals surface area (Å²) in [5, 5.41) is 0. The average Bonchev–Trinajstić information content (AvgIpc) is 3.04. The number of ether oxygens (including phenoxy) is 1. The number of hydrogen-bond acceptors (Lipinski definition) is 4. The van der Waals surface area contributed by atoms with E-state index in [1.165, 1.54) is 0 Å². The molecule has 132 valence electrons. The highest BCUT2D eigenvalue weighted by molar-refractivity contribution is 5.93. The van der Waals surface area contributed by atoms with E-state index in [-0.39, 0.29) is 17.2 Å². The van der Waals surface area contributed by atoms with Gasteiger partial charge in [0.05, 0.1) is 18.3 Å². The molecule has 6 nitrogen and oxygen atoms in total. The summed E-state index contributed by atoms with van der Waals surface area (Å²) in [7, 11) is 1.65. The van der Waals surface area contributed by atoms with Crippen LogP contribution in [0.4, 0.5) is 0 Å². The van der Waals surface area contributed by atoms with Crippen LogP contribution in [0.1, 0.15) is 41.8 Å². The van der Waals surface area contributed by atoms with Gasteiger partial charge in [-0.05, 0) is 38.7 Å². The Kier molecular flexibility index (Phi) is 4.94. The summed E-state index contributed by atoms with van der Waals surface area (Å²) in [6.45, 7) is 5.21. The fraction of sp³-hybridized carbons (Fsp3) is 0.667. The van der Waals surface area contributed by atoms with E-state index >= 15 is 0 Å². The van der Waals surface area contributed by atoms with Crippen molar-refractivity contribution in [3.63, 3.8) is 0 Å². The van der Waals surface area contributed by atoms with Crippen LogP contribution in [-0.2, 0) is 9.53 Å². The van der Waals surface area contributed by atoms with Crippen molar-refractivity contribution in [2.75, 3.05) is 39.9 Å². The van der Waals surface area contributed by atoms with E-state index in [1.807, 2.05) is 16.7 Å². The third-order valence-corrected chi connectivity index (χ3v) is 5.45. The second kappa shape index (κ2) is 6.97. The van der Waals surface area contributed by atoms with Crippen molar-refractivity contribution in [1.82, 2.24) is 9.80 Å². The van der Waals surface area contributed by atoms with Crippen LogP contribution in [0.15, 0.2) is 16.7 Å². The Balaban J connectivity index is 1.66. The van der Waals surface area contributed by atoms with E-state index < -0.39 is 0 Å². The van der Waals surface area contributed by atoms with Gasteiger partial charge in [-0.2, -0.15) is 0 Å². The number of hydrogen-bond donors (Lipinski definition) is 0. The Morgan fingerprint density at radius 1 is 1.29 bits per heavy atom. The highest BCUT2D eigenvalue weighted by Gasteiger charge is 2.47. The maximum absolute atomic E-state index is 12.8. The molecule has 2 fully saturated rings. The first-order chi connectivity index (χ1) is 11.6. The number of furan rings is 1. The lowest BCUT2D eigenvalue weighted by atomic mass is 9.79. The molecule has 1 aromatic heterocycles. The molecule has 0 saturated carbocycles. The molecule has 0 aliphatic carbocycles. The predicted molar refractivity (Wildman–Crippen MR) is 88.7 cm³/mol. The van der Waals surface area contributed by atoms with Crippen LogP contribution in [-0.4, -0.2) is 61.5 Å². The Hall–Kier alpha value is -1.82. The molecule has 0 bridgehead atoms. The fourth-order valence-electron chi connectivity index (χ4n) is 3.90. The molecule has 3 heterocycles. The van der Waals surface area contributed by atoms with Crippen LogP contribution in [0.25, 0.3) is 0 Å².